The number of hydrogen-bond acceptors (Lipinski definition) is 5. The van der Waals surface area contributed by atoms with Crippen LogP contribution < -0.4 is 10.1 Å². The topological polar surface area (TPSA) is 109 Å². The van der Waals surface area contributed by atoms with Crippen molar-refractivity contribution in [2.45, 2.75) is 19.1 Å². The lowest BCUT2D eigenvalue weighted by molar-refractivity contribution is -0.140. The number of para-hydroxylation sites is 1. The second kappa shape index (κ2) is 8.96. The Labute approximate surface area is 161 Å². The van der Waals surface area contributed by atoms with Gasteiger partial charge in [0.25, 0.3) is 0 Å². The molecule has 0 bridgehead atoms. The average molecular weight is 380 g/mol. The number of benzene rings is 2. The predicted molar refractivity (Wildman–Crippen MR) is 103 cm³/mol. The molecule has 0 aliphatic rings. The number of ether oxygens (including phenoxy) is 1. The van der Waals surface area contributed by atoms with Gasteiger partial charge in [0.2, 0.25) is 5.91 Å². The van der Waals surface area contributed by atoms with E-state index in [2.05, 4.69) is 10.3 Å². The first kappa shape index (κ1) is 19.3. The second-order valence-corrected chi connectivity index (χ2v) is 6.25. The van der Waals surface area contributed by atoms with Crippen molar-refractivity contribution in [3.63, 3.8) is 0 Å². The first-order valence-corrected chi connectivity index (χ1v) is 8.75. The van der Waals surface area contributed by atoms with E-state index in [0.29, 0.717) is 11.3 Å². The van der Waals surface area contributed by atoms with Crippen LogP contribution in [0.3, 0.4) is 0 Å². The highest BCUT2D eigenvalue weighted by Gasteiger charge is 2.12. The molecule has 0 aliphatic carbocycles. The van der Waals surface area contributed by atoms with Gasteiger partial charge in [0.05, 0.1) is 17.3 Å². The molecule has 1 heterocycles. The van der Waals surface area contributed by atoms with Crippen molar-refractivity contribution in [2.75, 3.05) is 6.54 Å². The highest BCUT2D eigenvalue weighted by atomic mass is 16.5. The molecule has 0 saturated carbocycles. The SMILES string of the molecule is O=C(O)CC(=O)NCC(O)c1cccc(OCc2ccc3ccccc3n2)c1. The molecular formula is C21H20N2O5. The van der Waals surface area contributed by atoms with Gasteiger partial charge in [-0.1, -0.05) is 36.4 Å². The van der Waals surface area contributed by atoms with E-state index in [1.807, 2.05) is 36.4 Å². The summed E-state index contributed by atoms with van der Waals surface area (Å²) in [6, 6.07) is 18.6. The Bertz CT molecular complexity index is 989. The molecule has 2 aromatic carbocycles. The molecule has 0 radical (unpaired) electrons. The summed E-state index contributed by atoms with van der Waals surface area (Å²) in [5.41, 5.74) is 2.23. The van der Waals surface area contributed by atoms with E-state index >= 15 is 0 Å². The maximum absolute atomic E-state index is 11.4. The number of nitrogens with one attached hydrogen (secondary N) is 1. The summed E-state index contributed by atoms with van der Waals surface area (Å²) in [6.07, 6.45) is -1.60. The van der Waals surface area contributed by atoms with E-state index in [0.717, 1.165) is 16.6 Å². The zero-order valence-electron chi connectivity index (χ0n) is 15.0. The number of pyridine rings is 1. The zero-order chi connectivity index (χ0) is 19.9. The van der Waals surface area contributed by atoms with Gasteiger partial charge in [-0.25, -0.2) is 4.98 Å². The van der Waals surface area contributed by atoms with Gasteiger partial charge < -0.3 is 20.3 Å². The van der Waals surface area contributed by atoms with Gasteiger partial charge in [-0.3, -0.25) is 9.59 Å². The van der Waals surface area contributed by atoms with Crippen LogP contribution in [0.25, 0.3) is 10.9 Å². The second-order valence-electron chi connectivity index (χ2n) is 6.25. The fourth-order valence-corrected chi connectivity index (χ4v) is 2.69. The number of aliphatic hydroxyl groups excluding tert-OH is 1. The van der Waals surface area contributed by atoms with Crippen LogP contribution in [-0.4, -0.2) is 33.6 Å². The van der Waals surface area contributed by atoms with E-state index in [9.17, 15) is 14.7 Å². The van der Waals surface area contributed by atoms with Crippen molar-refractivity contribution >= 4 is 22.8 Å². The minimum absolute atomic E-state index is 0.0816. The number of carbonyl (C=O) groups is 2. The number of aliphatic carboxylic acids is 1. The Balaban J connectivity index is 1.59. The lowest BCUT2D eigenvalue weighted by Gasteiger charge is -2.13. The number of aromatic nitrogens is 1. The molecule has 0 aliphatic heterocycles. The van der Waals surface area contributed by atoms with Crippen LogP contribution in [0.4, 0.5) is 0 Å². The van der Waals surface area contributed by atoms with Crippen molar-refractivity contribution in [3.8, 4) is 5.75 Å². The summed E-state index contributed by atoms with van der Waals surface area (Å²) in [6.45, 7) is 0.196. The number of rotatable bonds is 8. The van der Waals surface area contributed by atoms with Crippen molar-refractivity contribution in [1.82, 2.24) is 10.3 Å². The third kappa shape index (κ3) is 5.28. The quantitative estimate of drug-likeness (QED) is 0.518. The average Bonchev–Trinajstić information content (AvgIpc) is 2.70. The lowest BCUT2D eigenvalue weighted by Crippen LogP contribution is -2.29. The Morgan fingerprint density at radius 1 is 1.07 bits per heavy atom. The van der Waals surface area contributed by atoms with E-state index in [1.54, 1.807) is 24.3 Å². The number of carboxylic acid groups (broad SMARTS) is 1. The molecule has 3 N–H and O–H groups in total. The van der Waals surface area contributed by atoms with Gasteiger partial charge in [0.15, 0.2) is 0 Å². The number of carboxylic acids is 1. The van der Waals surface area contributed by atoms with Gasteiger partial charge in [-0.2, -0.15) is 0 Å². The number of amides is 1. The van der Waals surface area contributed by atoms with Crippen molar-refractivity contribution in [2.24, 2.45) is 0 Å². The van der Waals surface area contributed by atoms with Gasteiger partial charge in [0, 0.05) is 11.9 Å². The van der Waals surface area contributed by atoms with Gasteiger partial charge in [-0.15, -0.1) is 0 Å². The Kier molecular flexibility index (Phi) is 6.18. The zero-order valence-corrected chi connectivity index (χ0v) is 15.0. The van der Waals surface area contributed by atoms with E-state index in [-0.39, 0.29) is 13.2 Å². The van der Waals surface area contributed by atoms with Crippen LogP contribution >= 0.6 is 0 Å². The van der Waals surface area contributed by atoms with Crippen LogP contribution in [0.15, 0.2) is 60.7 Å². The molecule has 7 nitrogen and oxygen atoms in total. The minimum Gasteiger partial charge on any atom is -0.487 e. The summed E-state index contributed by atoms with van der Waals surface area (Å²) < 4.78 is 5.77. The maximum atomic E-state index is 11.4. The van der Waals surface area contributed by atoms with Crippen molar-refractivity contribution < 1.29 is 24.5 Å². The third-order valence-corrected chi connectivity index (χ3v) is 4.09. The van der Waals surface area contributed by atoms with E-state index in [4.69, 9.17) is 9.84 Å². The molecule has 3 rings (SSSR count). The van der Waals surface area contributed by atoms with Gasteiger partial charge in [-0.05, 0) is 29.8 Å². The molecule has 7 heteroatoms. The predicted octanol–water partition coefficient (Wildman–Crippen LogP) is 2.44. The largest absolute Gasteiger partial charge is 0.487 e. The highest BCUT2D eigenvalue weighted by molar-refractivity contribution is 5.93. The summed E-state index contributed by atoms with van der Waals surface area (Å²) in [4.78, 5) is 26.4. The number of nitrogens with zero attached hydrogens (tertiary/aromatic N) is 1. The molecule has 28 heavy (non-hydrogen) atoms. The smallest absolute Gasteiger partial charge is 0.312 e. The molecule has 0 fully saturated rings. The number of aliphatic hydroxyl groups is 1. The van der Waals surface area contributed by atoms with Crippen LogP contribution in [0.1, 0.15) is 23.8 Å². The molecule has 0 spiro atoms. The van der Waals surface area contributed by atoms with Crippen molar-refractivity contribution in [1.29, 1.82) is 0 Å². The minimum atomic E-state index is -1.22. The standard InChI is InChI=1S/C21H20N2O5/c24-19(12-22-20(25)11-21(26)27)15-5-3-6-17(10-15)28-13-16-9-8-14-4-1-2-7-18(14)23-16/h1-10,19,24H,11-13H2,(H,22,25)(H,26,27). The number of hydrogen-bond donors (Lipinski definition) is 3. The first-order valence-electron chi connectivity index (χ1n) is 8.75. The number of carbonyl (C=O) groups excluding carboxylic acids is 1. The molecule has 144 valence electrons. The summed E-state index contributed by atoms with van der Waals surface area (Å²) in [5.74, 6) is -1.31. The normalized spacial score (nSPS) is 11.8. The van der Waals surface area contributed by atoms with Gasteiger partial charge >= 0.3 is 5.97 Å². The van der Waals surface area contributed by atoms with E-state index in [1.165, 1.54) is 0 Å². The lowest BCUT2D eigenvalue weighted by atomic mass is 10.1. The molecule has 0 saturated heterocycles. The summed E-state index contributed by atoms with van der Waals surface area (Å²) in [7, 11) is 0. The molecular weight excluding hydrogens is 360 g/mol. The summed E-state index contributed by atoms with van der Waals surface area (Å²) >= 11 is 0. The monoisotopic (exact) mass is 380 g/mol. The Morgan fingerprint density at radius 2 is 1.89 bits per heavy atom. The molecule has 1 aromatic heterocycles. The fraction of sp³-hybridized carbons (Fsp3) is 0.190. The molecule has 1 unspecified atom stereocenters. The number of fused-ring (bicyclic) bond motifs is 1. The Morgan fingerprint density at radius 3 is 2.71 bits per heavy atom. The summed E-state index contributed by atoms with van der Waals surface area (Å²) in [5, 5.41) is 22.2. The molecule has 1 atom stereocenters. The van der Waals surface area contributed by atoms with E-state index < -0.39 is 24.4 Å². The van der Waals surface area contributed by atoms with Crippen LogP contribution in [0.2, 0.25) is 0 Å². The van der Waals surface area contributed by atoms with Crippen LogP contribution in [0.5, 0.6) is 5.75 Å². The van der Waals surface area contributed by atoms with Crippen LogP contribution in [0, 0.1) is 0 Å². The Hall–Kier alpha value is -3.45. The third-order valence-electron chi connectivity index (χ3n) is 4.09. The molecule has 3 aromatic rings. The fourth-order valence-electron chi connectivity index (χ4n) is 2.69. The maximum Gasteiger partial charge on any atom is 0.312 e. The first-order chi connectivity index (χ1) is 13.5. The molecule has 1 amide bonds. The van der Waals surface area contributed by atoms with Crippen LogP contribution in [-0.2, 0) is 16.2 Å². The highest BCUT2D eigenvalue weighted by Crippen LogP contribution is 2.20. The van der Waals surface area contributed by atoms with Gasteiger partial charge in [0.1, 0.15) is 18.8 Å². The van der Waals surface area contributed by atoms with Crippen molar-refractivity contribution in [3.05, 3.63) is 71.9 Å².